The number of nitrogens with two attached hydrogens (primary N) is 1. The van der Waals surface area contributed by atoms with Gasteiger partial charge in [-0.1, -0.05) is 44.9 Å². The van der Waals surface area contributed by atoms with Gasteiger partial charge in [-0.3, -0.25) is 4.79 Å². The van der Waals surface area contributed by atoms with E-state index in [1.165, 1.54) is 38.5 Å². The number of rotatable bonds is 5. The van der Waals surface area contributed by atoms with Crippen LogP contribution in [0.4, 0.5) is 0 Å². The molecule has 0 aromatic rings. The smallest absolute Gasteiger partial charge is 0.236 e. The van der Waals surface area contributed by atoms with E-state index < -0.39 is 0 Å². The number of amides is 1. The number of nitrogens with one attached hydrogen (secondary N) is 1. The van der Waals surface area contributed by atoms with Crippen LogP contribution in [0.25, 0.3) is 0 Å². The van der Waals surface area contributed by atoms with Crippen LogP contribution in [0.1, 0.15) is 51.4 Å². The zero-order chi connectivity index (χ0) is 11.1. The normalized spacial score (nSPS) is 19.9. The van der Waals surface area contributed by atoms with Gasteiger partial charge in [0.05, 0.1) is 6.04 Å². The third kappa shape index (κ3) is 4.65. The molecule has 1 atom stereocenters. The van der Waals surface area contributed by atoms with Crippen LogP contribution in [0.3, 0.4) is 0 Å². The molecule has 0 aromatic carbocycles. The number of carbonyl (C=O) groups excluding carboxylic acids is 1. The summed E-state index contributed by atoms with van der Waals surface area (Å²) in [6, 6.07) is -0.307. The lowest BCUT2D eigenvalue weighted by molar-refractivity contribution is -0.122. The molecule has 1 amide bonds. The van der Waals surface area contributed by atoms with Crippen molar-refractivity contribution in [3.63, 3.8) is 0 Å². The summed E-state index contributed by atoms with van der Waals surface area (Å²) in [7, 11) is 1.64. The molecule has 0 saturated heterocycles. The molecule has 3 nitrogen and oxygen atoms in total. The second-order valence-corrected chi connectivity index (χ2v) is 4.66. The minimum atomic E-state index is -0.307. The van der Waals surface area contributed by atoms with Crippen molar-refractivity contribution in [3.8, 4) is 0 Å². The van der Waals surface area contributed by atoms with Gasteiger partial charge in [-0.05, 0) is 12.3 Å². The molecule has 3 N–H and O–H groups in total. The van der Waals surface area contributed by atoms with Crippen LogP contribution < -0.4 is 11.1 Å². The first-order valence-corrected chi connectivity index (χ1v) is 6.21. The van der Waals surface area contributed by atoms with Crippen molar-refractivity contribution in [2.45, 2.75) is 57.4 Å². The molecule has 15 heavy (non-hydrogen) atoms. The van der Waals surface area contributed by atoms with Crippen LogP contribution in [0, 0.1) is 5.92 Å². The lowest BCUT2D eigenvalue weighted by atomic mass is 9.85. The Morgan fingerprint density at radius 1 is 1.40 bits per heavy atom. The summed E-state index contributed by atoms with van der Waals surface area (Å²) >= 11 is 0. The van der Waals surface area contributed by atoms with Crippen LogP contribution in [-0.4, -0.2) is 19.0 Å². The van der Waals surface area contributed by atoms with Gasteiger partial charge >= 0.3 is 0 Å². The molecule has 3 heteroatoms. The molecule has 0 bridgehead atoms. The number of hydrogen-bond donors (Lipinski definition) is 2. The summed E-state index contributed by atoms with van der Waals surface area (Å²) in [5, 5.41) is 2.59. The van der Waals surface area contributed by atoms with Crippen molar-refractivity contribution in [1.29, 1.82) is 0 Å². The summed E-state index contributed by atoms with van der Waals surface area (Å²) in [6.45, 7) is 0. The van der Waals surface area contributed by atoms with Crippen LogP contribution in [0.15, 0.2) is 0 Å². The Morgan fingerprint density at radius 3 is 2.67 bits per heavy atom. The van der Waals surface area contributed by atoms with E-state index in [1.807, 2.05) is 0 Å². The minimum absolute atomic E-state index is 0.0290. The summed E-state index contributed by atoms with van der Waals surface area (Å²) in [5.74, 6) is 0.870. The fraction of sp³-hybridized carbons (Fsp3) is 0.917. The van der Waals surface area contributed by atoms with Gasteiger partial charge in [-0.2, -0.15) is 0 Å². The first-order valence-electron chi connectivity index (χ1n) is 6.21. The van der Waals surface area contributed by atoms with Crippen LogP contribution in [0.2, 0.25) is 0 Å². The van der Waals surface area contributed by atoms with Crippen molar-refractivity contribution >= 4 is 5.91 Å². The van der Waals surface area contributed by atoms with Gasteiger partial charge in [0.2, 0.25) is 5.91 Å². The monoisotopic (exact) mass is 212 g/mol. The van der Waals surface area contributed by atoms with Gasteiger partial charge in [0.15, 0.2) is 0 Å². The Balaban J connectivity index is 2.07. The lowest BCUT2D eigenvalue weighted by Crippen LogP contribution is -2.38. The standard InChI is InChI=1S/C12H24N2O/c1-14-12(15)11(13)9-5-8-10-6-3-2-4-7-10/h10-11H,2-9,13H2,1H3,(H,14,15)/t11-/m0/s1. The summed E-state index contributed by atoms with van der Waals surface area (Å²) in [6.07, 6.45) is 10.1. The van der Waals surface area contributed by atoms with Gasteiger partial charge < -0.3 is 11.1 Å². The van der Waals surface area contributed by atoms with E-state index in [0.717, 1.165) is 18.8 Å². The molecule has 0 heterocycles. The Bertz CT molecular complexity index is 188. The number of likely N-dealkylation sites (N-methyl/N-ethyl adjacent to an activating group) is 1. The van der Waals surface area contributed by atoms with Gasteiger partial charge in [0.1, 0.15) is 0 Å². The molecule has 1 aliphatic carbocycles. The predicted octanol–water partition coefficient (Wildman–Crippen LogP) is 1.81. The maximum atomic E-state index is 11.2. The Kier molecular flexibility index (Phi) is 5.69. The van der Waals surface area contributed by atoms with Gasteiger partial charge in [-0.15, -0.1) is 0 Å². The van der Waals surface area contributed by atoms with E-state index in [9.17, 15) is 4.79 Å². The topological polar surface area (TPSA) is 55.1 Å². The third-order valence-corrected chi connectivity index (χ3v) is 3.44. The Labute approximate surface area is 92.8 Å². The first-order chi connectivity index (χ1) is 7.24. The zero-order valence-electron chi connectivity index (χ0n) is 9.80. The van der Waals surface area contributed by atoms with E-state index in [2.05, 4.69) is 5.32 Å². The van der Waals surface area contributed by atoms with Crippen LogP contribution in [0.5, 0.6) is 0 Å². The molecular weight excluding hydrogens is 188 g/mol. The predicted molar refractivity (Wildman–Crippen MR) is 62.5 cm³/mol. The lowest BCUT2D eigenvalue weighted by Gasteiger charge is -2.21. The highest BCUT2D eigenvalue weighted by molar-refractivity contribution is 5.81. The van der Waals surface area contributed by atoms with Gasteiger partial charge in [-0.25, -0.2) is 0 Å². The fourth-order valence-electron chi connectivity index (χ4n) is 2.42. The van der Waals surface area contributed by atoms with E-state index in [0.29, 0.717) is 0 Å². The number of carbonyl (C=O) groups is 1. The summed E-state index contributed by atoms with van der Waals surface area (Å²) in [4.78, 5) is 11.2. The van der Waals surface area contributed by atoms with Gasteiger partial charge in [0.25, 0.3) is 0 Å². The molecule has 0 aromatic heterocycles. The molecule has 88 valence electrons. The van der Waals surface area contributed by atoms with Crippen molar-refractivity contribution in [2.24, 2.45) is 11.7 Å². The largest absolute Gasteiger partial charge is 0.358 e. The van der Waals surface area contributed by atoms with Crippen molar-refractivity contribution < 1.29 is 4.79 Å². The summed E-state index contributed by atoms with van der Waals surface area (Å²) in [5.41, 5.74) is 5.73. The second kappa shape index (κ2) is 6.83. The van der Waals surface area contributed by atoms with E-state index >= 15 is 0 Å². The summed E-state index contributed by atoms with van der Waals surface area (Å²) < 4.78 is 0. The molecule has 0 unspecified atom stereocenters. The number of hydrogen-bond acceptors (Lipinski definition) is 2. The SMILES string of the molecule is CNC(=O)[C@@H](N)CCCC1CCCCC1. The highest BCUT2D eigenvalue weighted by Crippen LogP contribution is 2.27. The van der Waals surface area contributed by atoms with Crippen molar-refractivity contribution in [3.05, 3.63) is 0 Å². The molecule has 1 fully saturated rings. The Hall–Kier alpha value is -0.570. The van der Waals surface area contributed by atoms with E-state index in [4.69, 9.17) is 5.73 Å². The van der Waals surface area contributed by atoms with E-state index in [1.54, 1.807) is 7.05 Å². The fourth-order valence-corrected chi connectivity index (χ4v) is 2.42. The average molecular weight is 212 g/mol. The molecule has 0 radical (unpaired) electrons. The van der Waals surface area contributed by atoms with E-state index in [-0.39, 0.29) is 11.9 Å². The minimum Gasteiger partial charge on any atom is -0.358 e. The zero-order valence-corrected chi connectivity index (χ0v) is 9.80. The van der Waals surface area contributed by atoms with Crippen molar-refractivity contribution in [2.75, 3.05) is 7.05 Å². The first kappa shape index (κ1) is 12.5. The third-order valence-electron chi connectivity index (χ3n) is 3.44. The molecular formula is C12H24N2O. The molecule has 1 saturated carbocycles. The van der Waals surface area contributed by atoms with Crippen molar-refractivity contribution in [1.82, 2.24) is 5.32 Å². The molecule has 0 spiro atoms. The highest BCUT2D eigenvalue weighted by atomic mass is 16.2. The molecule has 0 aliphatic heterocycles. The van der Waals surface area contributed by atoms with Crippen LogP contribution >= 0.6 is 0 Å². The molecule has 1 aliphatic rings. The maximum absolute atomic E-state index is 11.2. The average Bonchev–Trinajstić information content (AvgIpc) is 2.29. The highest BCUT2D eigenvalue weighted by Gasteiger charge is 2.15. The molecule has 1 rings (SSSR count). The van der Waals surface area contributed by atoms with Crippen LogP contribution in [-0.2, 0) is 4.79 Å². The van der Waals surface area contributed by atoms with Gasteiger partial charge in [0, 0.05) is 7.05 Å². The second-order valence-electron chi connectivity index (χ2n) is 4.66. The maximum Gasteiger partial charge on any atom is 0.236 e. The quantitative estimate of drug-likeness (QED) is 0.730. The Morgan fingerprint density at radius 2 is 2.07 bits per heavy atom.